The van der Waals surface area contributed by atoms with Gasteiger partial charge in [0.05, 0.1) is 17.8 Å². The van der Waals surface area contributed by atoms with Crippen molar-refractivity contribution in [2.75, 3.05) is 10.6 Å². The SMILES string of the molecule is Cc1cncc(C(=O)Nc2cccc([C@H](C)Nc3cnc4[nH]ccc4n3)c2)c1. The second kappa shape index (κ2) is 7.48. The number of nitrogens with one attached hydrogen (secondary N) is 3. The summed E-state index contributed by atoms with van der Waals surface area (Å²) in [6.07, 6.45) is 6.80. The second-order valence-corrected chi connectivity index (χ2v) is 6.66. The lowest BCUT2D eigenvalue weighted by Gasteiger charge is -2.16. The van der Waals surface area contributed by atoms with Gasteiger partial charge in [0.25, 0.3) is 5.91 Å². The van der Waals surface area contributed by atoms with Gasteiger partial charge in [0.15, 0.2) is 5.65 Å². The van der Waals surface area contributed by atoms with Crippen LogP contribution >= 0.6 is 0 Å². The molecule has 0 aliphatic heterocycles. The molecular weight excluding hydrogens is 352 g/mol. The van der Waals surface area contributed by atoms with E-state index >= 15 is 0 Å². The first-order chi connectivity index (χ1) is 13.6. The van der Waals surface area contributed by atoms with Crippen LogP contribution in [0.5, 0.6) is 0 Å². The molecule has 4 rings (SSSR count). The molecule has 3 aromatic heterocycles. The zero-order chi connectivity index (χ0) is 19.5. The van der Waals surface area contributed by atoms with Crippen LogP contribution in [0.25, 0.3) is 11.2 Å². The molecule has 0 radical (unpaired) electrons. The van der Waals surface area contributed by atoms with Crippen LogP contribution in [0.2, 0.25) is 0 Å². The van der Waals surface area contributed by atoms with Crippen molar-refractivity contribution in [3.05, 3.63) is 77.9 Å². The number of rotatable bonds is 5. The Hall–Kier alpha value is -3.74. The molecule has 4 aromatic rings. The molecule has 7 heteroatoms. The number of fused-ring (bicyclic) bond motifs is 1. The molecule has 7 nitrogen and oxygen atoms in total. The summed E-state index contributed by atoms with van der Waals surface area (Å²) in [4.78, 5) is 28.4. The molecule has 1 amide bonds. The van der Waals surface area contributed by atoms with E-state index in [0.29, 0.717) is 11.4 Å². The predicted octanol–water partition coefficient (Wildman–Crippen LogP) is 4.09. The van der Waals surface area contributed by atoms with Crippen LogP contribution in [0.3, 0.4) is 0 Å². The van der Waals surface area contributed by atoms with Gasteiger partial charge in [0, 0.05) is 24.3 Å². The third kappa shape index (κ3) is 3.83. The third-order valence-electron chi connectivity index (χ3n) is 4.41. The molecule has 0 spiro atoms. The summed E-state index contributed by atoms with van der Waals surface area (Å²) in [5.41, 5.74) is 4.80. The maximum atomic E-state index is 12.4. The summed E-state index contributed by atoms with van der Waals surface area (Å²) in [5, 5.41) is 6.28. The van der Waals surface area contributed by atoms with E-state index in [9.17, 15) is 4.79 Å². The number of hydrogen-bond acceptors (Lipinski definition) is 5. The molecule has 28 heavy (non-hydrogen) atoms. The Bertz CT molecular complexity index is 1140. The zero-order valence-electron chi connectivity index (χ0n) is 15.6. The molecule has 140 valence electrons. The minimum absolute atomic E-state index is 0.0109. The summed E-state index contributed by atoms with van der Waals surface area (Å²) in [6.45, 7) is 3.94. The van der Waals surface area contributed by atoms with Crippen LogP contribution in [0.1, 0.15) is 34.5 Å². The van der Waals surface area contributed by atoms with Crippen molar-refractivity contribution in [3.8, 4) is 0 Å². The van der Waals surface area contributed by atoms with Crippen molar-refractivity contribution >= 4 is 28.6 Å². The summed E-state index contributed by atoms with van der Waals surface area (Å²) >= 11 is 0. The number of hydrogen-bond donors (Lipinski definition) is 3. The maximum Gasteiger partial charge on any atom is 0.257 e. The molecule has 0 aliphatic rings. The number of aromatic amines is 1. The van der Waals surface area contributed by atoms with Crippen LogP contribution in [0, 0.1) is 6.92 Å². The van der Waals surface area contributed by atoms with E-state index < -0.39 is 0 Å². The van der Waals surface area contributed by atoms with Crippen molar-refractivity contribution < 1.29 is 4.79 Å². The molecule has 1 atom stereocenters. The zero-order valence-corrected chi connectivity index (χ0v) is 15.6. The highest BCUT2D eigenvalue weighted by Gasteiger charge is 2.11. The molecule has 0 unspecified atom stereocenters. The molecule has 0 saturated heterocycles. The quantitative estimate of drug-likeness (QED) is 0.490. The first kappa shape index (κ1) is 17.7. The molecule has 3 heterocycles. The fourth-order valence-corrected chi connectivity index (χ4v) is 2.97. The van der Waals surface area contributed by atoms with Gasteiger partial charge in [0.1, 0.15) is 11.3 Å². The average Bonchev–Trinajstić information content (AvgIpc) is 3.16. The summed E-state index contributed by atoms with van der Waals surface area (Å²) in [5.74, 6) is 0.512. The topological polar surface area (TPSA) is 95.6 Å². The van der Waals surface area contributed by atoms with Gasteiger partial charge >= 0.3 is 0 Å². The van der Waals surface area contributed by atoms with Crippen LogP contribution in [-0.2, 0) is 0 Å². The largest absolute Gasteiger partial charge is 0.362 e. The van der Waals surface area contributed by atoms with Gasteiger partial charge in [-0.3, -0.25) is 9.78 Å². The predicted molar refractivity (Wildman–Crippen MR) is 109 cm³/mol. The Balaban J connectivity index is 1.48. The van der Waals surface area contributed by atoms with Crippen molar-refractivity contribution in [1.82, 2.24) is 19.9 Å². The van der Waals surface area contributed by atoms with E-state index in [4.69, 9.17) is 0 Å². The summed E-state index contributed by atoms with van der Waals surface area (Å²) in [7, 11) is 0. The Morgan fingerprint density at radius 2 is 2.04 bits per heavy atom. The number of aryl methyl sites for hydroxylation is 1. The molecule has 1 aromatic carbocycles. The van der Waals surface area contributed by atoms with Crippen molar-refractivity contribution in [1.29, 1.82) is 0 Å². The molecular formula is C21H20N6O. The Labute approximate surface area is 162 Å². The van der Waals surface area contributed by atoms with Crippen LogP contribution in [0.4, 0.5) is 11.5 Å². The standard InChI is InChI=1S/C21H20N6O/c1-13-8-16(11-22-10-13)21(28)26-17-5-3-4-15(9-17)14(2)25-19-12-24-20-18(27-19)6-7-23-20/h3-12,14H,1-2H3,(H,23,24)(H,25,27)(H,26,28)/t14-/m0/s1. The molecule has 3 N–H and O–H groups in total. The molecule has 0 saturated carbocycles. The highest BCUT2D eigenvalue weighted by Crippen LogP contribution is 2.22. The number of benzene rings is 1. The average molecular weight is 372 g/mol. The first-order valence-corrected chi connectivity index (χ1v) is 8.98. The first-order valence-electron chi connectivity index (χ1n) is 8.98. The van der Waals surface area contributed by atoms with Gasteiger partial charge in [0.2, 0.25) is 0 Å². The van der Waals surface area contributed by atoms with Gasteiger partial charge in [-0.1, -0.05) is 12.1 Å². The maximum absolute atomic E-state index is 12.4. The molecule has 0 bridgehead atoms. The number of anilines is 2. The van der Waals surface area contributed by atoms with Gasteiger partial charge in [-0.25, -0.2) is 9.97 Å². The van der Waals surface area contributed by atoms with Crippen LogP contribution in [0.15, 0.2) is 61.2 Å². The van der Waals surface area contributed by atoms with E-state index in [2.05, 4.69) is 30.6 Å². The summed E-state index contributed by atoms with van der Waals surface area (Å²) < 4.78 is 0. The summed E-state index contributed by atoms with van der Waals surface area (Å²) in [6, 6.07) is 11.4. The lowest BCUT2D eigenvalue weighted by atomic mass is 10.1. The van der Waals surface area contributed by atoms with E-state index in [-0.39, 0.29) is 11.9 Å². The molecule has 0 aliphatic carbocycles. The highest BCUT2D eigenvalue weighted by atomic mass is 16.1. The minimum atomic E-state index is -0.183. The smallest absolute Gasteiger partial charge is 0.257 e. The van der Waals surface area contributed by atoms with Crippen LogP contribution < -0.4 is 10.6 Å². The minimum Gasteiger partial charge on any atom is -0.362 e. The number of nitrogens with zero attached hydrogens (tertiary/aromatic N) is 3. The Morgan fingerprint density at radius 1 is 1.14 bits per heavy atom. The third-order valence-corrected chi connectivity index (χ3v) is 4.41. The fraction of sp³-hybridized carbons (Fsp3) is 0.143. The van der Waals surface area contributed by atoms with Gasteiger partial charge in [-0.15, -0.1) is 0 Å². The lowest BCUT2D eigenvalue weighted by molar-refractivity contribution is 0.102. The number of carbonyl (C=O) groups excluding carboxylic acids is 1. The monoisotopic (exact) mass is 372 g/mol. The number of carbonyl (C=O) groups is 1. The van der Waals surface area contributed by atoms with Gasteiger partial charge in [-0.05, 0) is 49.2 Å². The fourth-order valence-electron chi connectivity index (χ4n) is 2.97. The van der Waals surface area contributed by atoms with Crippen molar-refractivity contribution in [2.45, 2.75) is 19.9 Å². The molecule has 0 fully saturated rings. The van der Waals surface area contributed by atoms with Crippen LogP contribution in [-0.4, -0.2) is 25.8 Å². The van der Waals surface area contributed by atoms with Crippen molar-refractivity contribution in [3.63, 3.8) is 0 Å². The van der Waals surface area contributed by atoms with E-state index in [1.54, 1.807) is 18.6 Å². The number of pyridine rings is 1. The van der Waals surface area contributed by atoms with Crippen molar-refractivity contribution in [2.24, 2.45) is 0 Å². The Morgan fingerprint density at radius 3 is 2.89 bits per heavy atom. The second-order valence-electron chi connectivity index (χ2n) is 6.66. The van der Waals surface area contributed by atoms with Gasteiger partial charge < -0.3 is 15.6 Å². The van der Waals surface area contributed by atoms with E-state index in [1.807, 2.05) is 56.4 Å². The van der Waals surface area contributed by atoms with E-state index in [0.717, 1.165) is 28.0 Å². The van der Waals surface area contributed by atoms with E-state index in [1.165, 1.54) is 0 Å². The normalized spacial score (nSPS) is 11.9. The Kier molecular flexibility index (Phi) is 4.72. The highest BCUT2D eigenvalue weighted by molar-refractivity contribution is 6.04. The number of H-pyrrole nitrogens is 1. The number of amides is 1. The lowest BCUT2D eigenvalue weighted by Crippen LogP contribution is -2.13. The number of aromatic nitrogens is 4. The van der Waals surface area contributed by atoms with Gasteiger partial charge in [-0.2, -0.15) is 0 Å².